The third-order valence-corrected chi connectivity index (χ3v) is 8.67. The van der Waals surface area contributed by atoms with Crippen molar-refractivity contribution in [3.8, 4) is 22.4 Å². The average molecular weight is 506 g/mol. The van der Waals surface area contributed by atoms with Crippen LogP contribution in [-0.4, -0.2) is 21.7 Å². The van der Waals surface area contributed by atoms with Crippen molar-refractivity contribution in [1.29, 1.82) is 0 Å². The monoisotopic (exact) mass is 505 g/mol. The van der Waals surface area contributed by atoms with E-state index in [4.69, 9.17) is 5.73 Å². The first-order valence-corrected chi connectivity index (χ1v) is 13.4. The molecular formula is C31H27N3O2S. The number of fused-ring (bicyclic) bond motifs is 2. The Morgan fingerprint density at radius 3 is 2.68 bits per heavy atom. The van der Waals surface area contributed by atoms with Crippen molar-refractivity contribution in [3.05, 3.63) is 99.0 Å². The van der Waals surface area contributed by atoms with Gasteiger partial charge in [-0.25, -0.2) is 0 Å². The molecule has 0 bridgehead atoms. The van der Waals surface area contributed by atoms with Gasteiger partial charge < -0.3 is 10.7 Å². The summed E-state index contributed by atoms with van der Waals surface area (Å²) in [5.74, 6) is -0.305. The molecule has 1 amide bonds. The summed E-state index contributed by atoms with van der Waals surface area (Å²) in [4.78, 5) is 35.4. The molecule has 0 saturated carbocycles. The van der Waals surface area contributed by atoms with Gasteiger partial charge in [-0.05, 0) is 90.8 Å². The van der Waals surface area contributed by atoms with E-state index < -0.39 is 5.91 Å². The molecule has 37 heavy (non-hydrogen) atoms. The highest BCUT2D eigenvalue weighted by Crippen LogP contribution is 2.37. The molecular weight excluding hydrogens is 478 g/mol. The number of carbonyl (C=O) groups excluding carboxylic acids is 2. The van der Waals surface area contributed by atoms with Crippen LogP contribution in [0.1, 0.15) is 54.4 Å². The Morgan fingerprint density at radius 1 is 1.03 bits per heavy atom. The average Bonchev–Trinajstić information content (AvgIpc) is 3.55. The van der Waals surface area contributed by atoms with Gasteiger partial charge in [0.25, 0.3) is 5.91 Å². The fraction of sp³-hybridized carbons (Fsp3) is 0.194. The number of nitrogens with two attached hydrogens (primary N) is 1. The normalized spacial score (nSPS) is 13.0. The first kappa shape index (κ1) is 23.4. The van der Waals surface area contributed by atoms with Crippen molar-refractivity contribution >= 4 is 33.9 Å². The molecule has 5 nitrogen and oxygen atoms in total. The maximum absolute atomic E-state index is 13.3. The Morgan fingerprint density at radius 2 is 1.89 bits per heavy atom. The van der Waals surface area contributed by atoms with Gasteiger partial charge in [0, 0.05) is 40.3 Å². The van der Waals surface area contributed by atoms with Gasteiger partial charge in [-0.3, -0.25) is 14.6 Å². The van der Waals surface area contributed by atoms with Crippen LogP contribution in [-0.2, 0) is 19.3 Å². The van der Waals surface area contributed by atoms with E-state index in [1.165, 1.54) is 23.3 Å². The number of pyridine rings is 1. The number of benzene rings is 2. The van der Waals surface area contributed by atoms with Crippen LogP contribution >= 0.6 is 11.3 Å². The lowest BCUT2D eigenvalue weighted by molar-refractivity contribution is 0.0990. The van der Waals surface area contributed by atoms with Gasteiger partial charge in [-0.2, -0.15) is 0 Å². The van der Waals surface area contributed by atoms with E-state index in [-0.39, 0.29) is 5.78 Å². The number of aromatic amines is 1. The number of thiophene rings is 1. The molecule has 6 rings (SSSR count). The molecule has 1 aliphatic rings. The lowest BCUT2D eigenvalue weighted by atomic mass is 9.91. The van der Waals surface area contributed by atoms with Crippen LogP contribution in [0.15, 0.2) is 67.0 Å². The zero-order valence-electron chi connectivity index (χ0n) is 20.6. The summed E-state index contributed by atoms with van der Waals surface area (Å²) in [6.45, 7) is 2.07. The Labute approximate surface area is 219 Å². The number of nitrogens with zero attached hydrogens (tertiary/aromatic N) is 1. The summed E-state index contributed by atoms with van der Waals surface area (Å²) in [6.07, 6.45) is 8.49. The largest absolute Gasteiger partial charge is 0.366 e. The van der Waals surface area contributed by atoms with E-state index in [0.29, 0.717) is 17.5 Å². The number of H-pyrrole nitrogens is 1. The van der Waals surface area contributed by atoms with E-state index in [2.05, 4.69) is 29.0 Å². The van der Waals surface area contributed by atoms with Gasteiger partial charge in [-0.15, -0.1) is 11.3 Å². The van der Waals surface area contributed by atoms with Crippen molar-refractivity contribution in [2.75, 3.05) is 0 Å². The molecule has 2 aromatic carbocycles. The van der Waals surface area contributed by atoms with Gasteiger partial charge in [0.15, 0.2) is 5.78 Å². The Kier molecular flexibility index (Phi) is 5.97. The van der Waals surface area contributed by atoms with E-state index in [1.54, 1.807) is 29.8 Å². The van der Waals surface area contributed by atoms with E-state index in [1.807, 2.05) is 36.4 Å². The third-order valence-electron chi connectivity index (χ3n) is 7.39. The van der Waals surface area contributed by atoms with E-state index >= 15 is 0 Å². The number of hydrogen-bond acceptors (Lipinski definition) is 4. The minimum atomic E-state index is -0.481. The number of hydrogen-bond donors (Lipinski definition) is 2. The number of amides is 1. The van der Waals surface area contributed by atoms with Gasteiger partial charge in [0.1, 0.15) is 0 Å². The molecule has 0 radical (unpaired) electrons. The summed E-state index contributed by atoms with van der Waals surface area (Å²) in [6, 6.07) is 17.9. The molecule has 1 aliphatic carbocycles. The molecule has 0 aliphatic heterocycles. The number of primary amides is 1. The summed E-state index contributed by atoms with van der Waals surface area (Å²) < 4.78 is 0. The van der Waals surface area contributed by atoms with Crippen molar-refractivity contribution in [2.45, 2.75) is 39.0 Å². The highest BCUT2D eigenvalue weighted by Gasteiger charge is 2.20. The molecule has 0 saturated heterocycles. The van der Waals surface area contributed by atoms with Crippen LogP contribution in [0.2, 0.25) is 0 Å². The zero-order valence-corrected chi connectivity index (χ0v) is 21.5. The van der Waals surface area contributed by atoms with E-state index in [9.17, 15) is 9.59 Å². The van der Waals surface area contributed by atoms with Crippen LogP contribution in [0.3, 0.4) is 0 Å². The second kappa shape index (κ2) is 9.45. The SMILES string of the molecule is Cc1c(CC(=O)c2cc3c(s2)CCCC3)cccc1-c1ccc(C(N)=O)c2[nH]c(-c3cccnc3)cc12. The summed E-state index contributed by atoms with van der Waals surface area (Å²) in [5.41, 5.74) is 14.1. The molecule has 0 spiro atoms. The smallest absolute Gasteiger partial charge is 0.250 e. The number of nitrogens with one attached hydrogen (secondary N) is 1. The number of aryl methyl sites for hydroxylation is 2. The second-order valence-electron chi connectivity index (χ2n) is 9.69. The Bertz CT molecular complexity index is 1640. The van der Waals surface area contributed by atoms with Crippen LogP contribution in [0.25, 0.3) is 33.3 Å². The summed E-state index contributed by atoms with van der Waals surface area (Å²) >= 11 is 1.67. The molecule has 3 aromatic heterocycles. The minimum Gasteiger partial charge on any atom is -0.366 e. The van der Waals surface area contributed by atoms with Crippen LogP contribution < -0.4 is 5.73 Å². The molecule has 3 heterocycles. The van der Waals surface area contributed by atoms with Crippen LogP contribution in [0, 0.1) is 6.92 Å². The predicted octanol–water partition coefficient (Wildman–Crippen LogP) is 6.67. The minimum absolute atomic E-state index is 0.175. The first-order chi connectivity index (χ1) is 18.0. The lowest BCUT2D eigenvalue weighted by Crippen LogP contribution is -2.11. The molecule has 184 valence electrons. The van der Waals surface area contributed by atoms with Gasteiger partial charge >= 0.3 is 0 Å². The van der Waals surface area contributed by atoms with Crippen molar-refractivity contribution < 1.29 is 9.59 Å². The number of rotatable bonds is 6. The van der Waals surface area contributed by atoms with Crippen molar-refractivity contribution in [3.63, 3.8) is 0 Å². The van der Waals surface area contributed by atoms with Gasteiger partial charge in [-0.1, -0.05) is 24.3 Å². The lowest BCUT2D eigenvalue weighted by Gasteiger charge is -2.13. The molecule has 6 heteroatoms. The van der Waals surface area contributed by atoms with Crippen LogP contribution in [0.4, 0.5) is 0 Å². The second-order valence-corrected chi connectivity index (χ2v) is 10.8. The molecule has 0 atom stereocenters. The number of ketones is 1. The standard InChI is InChI=1S/C31H27N3O2S/c1-18-19(14-27(35)29-15-20-6-2-3-10-28(20)37-29)7-4-9-22(18)23-11-12-24(31(32)36)30-25(23)16-26(34-30)21-8-5-13-33-17-21/h4-5,7-9,11-13,15-17,34H,2-3,6,10,14H2,1H3,(H2,32,36). The zero-order chi connectivity index (χ0) is 25.5. The molecule has 5 aromatic rings. The van der Waals surface area contributed by atoms with Gasteiger partial charge in [0.2, 0.25) is 0 Å². The molecule has 0 unspecified atom stereocenters. The van der Waals surface area contributed by atoms with Gasteiger partial charge in [0.05, 0.1) is 16.0 Å². The van der Waals surface area contributed by atoms with E-state index in [0.717, 1.165) is 56.6 Å². The quantitative estimate of drug-likeness (QED) is 0.253. The topological polar surface area (TPSA) is 88.8 Å². The highest BCUT2D eigenvalue weighted by atomic mass is 32.1. The number of carbonyl (C=O) groups is 2. The molecule has 3 N–H and O–H groups in total. The highest BCUT2D eigenvalue weighted by molar-refractivity contribution is 7.14. The summed E-state index contributed by atoms with van der Waals surface area (Å²) in [5, 5.41) is 0.910. The van der Waals surface area contributed by atoms with Crippen LogP contribution in [0.5, 0.6) is 0 Å². The van der Waals surface area contributed by atoms with Crippen molar-refractivity contribution in [1.82, 2.24) is 9.97 Å². The maximum atomic E-state index is 13.3. The Hall–Kier alpha value is -4.03. The number of Topliss-reactive ketones (excluding diaryl/α,β-unsaturated/α-hetero) is 1. The predicted molar refractivity (Wildman–Crippen MR) is 149 cm³/mol. The maximum Gasteiger partial charge on any atom is 0.250 e. The fourth-order valence-electron chi connectivity index (χ4n) is 5.39. The first-order valence-electron chi connectivity index (χ1n) is 12.6. The Balaban J connectivity index is 1.40. The fourth-order valence-corrected chi connectivity index (χ4v) is 6.58. The summed E-state index contributed by atoms with van der Waals surface area (Å²) in [7, 11) is 0. The molecule has 0 fully saturated rings. The third kappa shape index (κ3) is 4.27. The number of aromatic nitrogens is 2. The van der Waals surface area contributed by atoms with Crippen molar-refractivity contribution in [2.24, 2.45) is 5.73 Å².